The second-order valence-corrected chi connectivity index (χ2v) is 6.36. The summed E-state index contributed by atoms with van der Waals surface area (Å²) in [6, 6.07) is 0.411. The molecule has 0 aromatic rings. The summed E-state index contributed by atoms with van der Waals surface area (Å²) in [6.07, 6.45) is 9.84. The van der Waals surface area contributed by atoms with E-state index in [9.17, 15) is 4.79 Å². The van der Waals surface area contributed by atoms with Crippen LogP contribution in [0.5, 0.6) is 0 Å². The minimum absolute atomic E-state index is 0.170. The number of halogens is 1. The van der Waals surface area contributed by atoms with Crippen molar-refractivity contribution in [1.29, 1.82) is 0 Å². The van der Waals surface area contributed by atoms with E-state index in [4.69, 9.17) is 16.3 Å². The fourth-order valence-corrected chi connectivity index (χ4v) is 3.58. The third-order valence-electron chi connectivity index (χ3n) is 4.83. The van der Waals surface area contributed by atoms with Gasteiger partial charge >= 0.3 is 0 Å². The van der Waals surface area contributed by atoms with Gasteiger partial charge in [0.2, 0.25) is 5.91 Å². The van der Waals surface area contributed by atoms with Crippen molar-refractivity contribution in [3.05, 3.63) is 0 Å². The predicted octanol–water partition coefficient (Wildman–Crippen LogP) is 3.35. The molecule has 0 aromatic heterocycles. The lowest BCUT2D eigenvalue weighted by Gasteiger charge is -2.42. The van der Waals surface area contributed by atoms with Crippen LogP contribution in [0.25, 0.3) is 0 Å². The van der Waals surface area contributed by atoms with Gasteiger partial charge in [-0.15, -0.1) is 11.6 Å². The standard InChI is InChI=1S/C15H26ClNO2/c1-19-15(8-5-9-15)12-14(18)17(11-10-16)13-6-3-2-4-7-13/h13H,2-12H2,1H3. The summed E-state index contributed by atoms with van der Waals surface area (Å²) in [6.45, 7) is 0.685. The maximum atomic E-state index is 12.6. The van der Waals surface area contributed by atoms with Crippen molar-refractivity contribution in [3.63, 3.8) is 0 Å². The zero-order valence-electron chi connectivity index (χ0n) is 12.0. The van der Waals surface area contributed by atoms with Crippen molar-refractivity contribution in [1.82, 2.24) is 4.90 Å². The summed E-state index contributed by atoms with van der Waals surface area (Å²) in [4.78, 5) is 14.6. The van der Waals surface area contributed by atoms with Gasteiger partial charge in [-0.3, -0.25) is 4.79 Å². The first-order valence-corrected chi connectivity index (χ1v) is 8.15. The monoisotopic (exact) mass is 287 g/mol. The molecule has 0 aromatic carbocycles. The SMILES string of the molecule is COC1(CC(=O)N(CCCl)C2CCCCC2)CCC1. The molecular formula is C15H26ClNO2. The lowest BCUT2D eigenvalue weighted by atomic mass is 9.77. The third kappa shape index (κ3) is 3.63. The Morgan fingerprint density at radius 3 is 2.42 bits per heavy atom. The second-order valence-electron chi connectivity index (χ2n) is 5.99. The summed E-state index contributed by atoms with van der Waals surface area (Å²) in [5, 5.41) is 0. The van der Waals surface area contributed by atoms with Crippen LogP contribution >= 0.6 is 11.6 Å². The van der Waals surface area contributed by atoms with E-state index in [0.29, 0.717) is 24.9 Å². The smallest absolute Gasteiger partial charge is 0.225 e. The van der Waals surface area contributed by atoms with Gasteiger partial charge in [-0.1, -0.05) is 19.3 Å². The average Bonchev–Trinajstić information content (AvgIpc) is 2.41. The zero-order chi connectivity index (χ0) is 13.7. The Kier molecular flexibility index (Phi) is 5.52. The van der Waals surface area contributed by atoms with Gasteiger partial charge in [0.15, 0.2) is 0 Å². The fraction of sp³-hybridized carbons (Fsp3) is 0.933. The van der Waals surface area contributed by atoms with Crippen LogP contribution in [0.1, 0.15) is 57.8 Å². The van der Waals surface area contributed by atoms with Gasteiger partial charge in [0.1, 0.15) is 0 Å². The Bertz CT molecular complexity index is 293. The maximum absolute atomic E-state index is 12.6. The van der Waals surface area contributed by atoms with Crippen molar-refractivity contribution < 1.29 is 9.53 Å². The summed E-state index contributed by atoms with van der Waals surface area (Å²) in [5.41, 5.74) is -0.170. The van der Waals surface area contributed by atoms with E-state index >= 15 is 0 Å². The normalized spacial score (nSPS) is 22.8. The molecule has 0 atom stereocenters. The molecule has 0 unspecified atom stereocenters. The zero-order valence-corrected chi connectivity index (χ0v) is 12.8. The van der Waals surface area contributed by atoms with Gasteiger partial charge < -0.3 is 9.64 Å². The van der Waals surface area contributed by atoms with E-state index in [1.54, 1.807) is 7.11 Å². The Morgan fingerprint density at radius 2 is 1.95 bits per heavy atom. The molecular weight excluding hydrogens is 262 g/mol. The van der Waals surface area contributed by atoms with Gasteiger partial charge in [-0.25, -0.2) is 0 Å². The minimum Gasteiger partial charge on any atom is -0.378 e. The number of alkyl halides is 1. The Hall–Kier alpha value is -0.280. The molecule has 2 fully saturated rings. The Labute approximate surface area is 121 Å². The quantitative estimate of drug-likeness (QED) is 0.701. The number of carbonyl (C=O) groups excluding carboxylic acids is 1. The molecule has 0 spiro atoms. The van der Waals surface area contributed by atoms with Gasteiger partial charge in [-0.05, 0) is 32.1 Å². The Balaban J connectivity index is 1.95. The van der Waals surface area contributed by atoms with E-state index in [-0.39, 0.29) is 11.5 Å². The fourth-order valence-electron chi connectivity index (χ4n) is 3.40. The molecule has 0 saturated heterocycles. The van der Waals surface area contributed by atoms with E-state index in [0.717, 1.165) is 25.7 Å². The van der Waals surface area contributed by atoms with Crippen LogP contribution in [-0.2, 0) is 9.53 Å². The molecule has 0 heterocycles. The van der Waals surface area contributed by atoms with Crippen molar-refractivity contribution in [2.45, 2.75) is 69.4 Å². The van der Waals surface area contributed by atoms with E-state index in [1.807, 2.05) is 4.90 Å². The number of nitrogens with zero attached hydrogens (tertiary/aromatic N) is 1. The van der Waals surface area contributed by atoms with Crippen LogP contribution in [0.2, 0.25) is 0 Å². The van der Waals surface area contributed by atoms with Crippen LogP contribution in [0.3, 0.4) is 0 Å². The molecule has 1 amide bonds. The highest BCUT2D eigenvalue weighted by atomic mass is 35.5. The largest absolute Gasteiger partial charge is 0.378 e. The predicted molar refractivity (Wildman–Crippen MR) is 77.5 cm³/mol. The number of hydrogen-bond acceptors (Lipinski definition) is 2. The van der Waals surface area contributed by atoms with Gasteiger partial charge in [0.05, 0.1) is 12.0 Å². The van der Waals surface area contributed by atoms with Gasteiger partial charge in [0.25, 0.3) is 0 Å². The first-order chi connectivity index (χ1) is 9.21. The second kappa shape index (κ2) is 6.94. The molecule has 4 heteroatoms. The molecule has 0 bridgehead atoms. The topological polar surface area (TPSA) is 29.5 Å². The highest BCUT2D eigenvalue weighted by molar-refractivity contribution is 6.18. The molecule has 2 rings (SSSR count). The van der Waals surface area contributed by atoms with Crippen LogP contribution < -0.4 is 0 Å². The number of ether oxygens (including phenoxy) is 1. The first kappa shape index (κ1) is 15.1. The van der Waals surface area contributed by atoms with Crippen molar-refractivity contribution in [3.8, 4) is 0 Å². The number of carbonyl (C=O) groups is 1. The van der Waals surface area contributed by atoms with Gasteiger partial charge in [0, 0.05) is 25.6 Å². The molecule has 110 valence electrons. The van der Waals surface area contributed by atoms with Crippen LogP contribution in [0.4, 0.5) is 0 Å². The highest BCUT2D eigenvalue weighted by Gasteiger charge is 2.40. The van der Waals surface area contributed by atoms with Crippen LogP contribution in [0, 0.1) is 0 Å². The lowest BCUT2D eigenvalue weighted by molar-refractivity contribution is -0.146. The molecule has 0 radical (unpaired) electrons. The molecule has 2 aliphatic carbocycles. The maximum Gasteiger partial charge on any atom is 0.225 e. The first-order valence-electron chi connectivity index (χ1n) is 7.61. The summed E-state index contributed by atoms with van der Waals surface area (Å²) < 4.78 is 5.58. The molecule has 0 N–H and O–H groups in total. The van der Waals surface area contributed by atoms with Crippen molar-refractivity contribution in [2.24, 2.45) is 0 Å². The summed E-state index contributed by atoms with van der Waals surface area (Å²) in [7, 11) is 1.74. The number of hydrogen-bond donors (Lipinski definition) is 0. The van der Waals surface area contributed by atoms with Crippen LogP contribution in [-0.4, -0.2) is 42.0 Å². The molecule has 2 saturated carbocycles. The number of methoxy groups -OCH3 is 1. The van der Waals surface area contributed by atoms with E-state index in [1.165, 1.54) is 25.7 Å². The minimum atomic E-state index is -0.170. The molecule has 19 heavy (non-hydrogen) atoms. The third-order valence-corrected chi connectivity index (χ3v) is 5.00. The number of rotatable bonds is 6. The molecule has 0 aliphatic heterocycles. The molecule has 2 aliphatic rings. The Morgan fingerprint density at radius 1 is 1.26 bits per heavy atom. The average molecular weight is 288 g/mol. The van der Waals surface area contributed by atoms with Gasteiger partial charge in [-0.2, -0.15) is 0 Å². The van der Waals surface area contributed by atoms with Crippen LogP contribution in [0.15, 0.2) is 0 Å². The highest BCUT2D eigenvalue weighted by Crippen LogP contribution is 2.39. The number of amides is 1. The summed E-state index contributed by atoms with van der Waals surface area (Å²) >= 11 is 5.89. The lowest BCUT2D eigenvalue weighted by Crippen LogP contribution is -2.49. The van der Waals surface area contributed by atoms with E-state index in [2.05, 4.69) is 0 Å². The van der Waals surface area contributed by atoms with E-state index < -0.39 is 0 Å². The van der Waals surface area contributed by atoms with Crippen molar-refractivity contribution in [2.75, 3.05) is 19.5 Å². The van der Waals surface area contributed by atoms with Crippen molar-refractivity contribution >= 4 is 17.5 Å². The summed E-state index contributed by atoms with van der Waals surface area (Å²) in [5.74, 6) is 0.775. The molecule has 3 nitrogen and oxygen atoms in total.